The molecule has 55 heavy (non-hydrogen) atoms. The summed E-state index contributed by atoms with van der Waals surface area (Å²) in [6.45, 7) is 4.17. The highest BCUT2D eigenvalue weighted by molar-refractivity contribution is 5.72. The minimum Gasteiger partial charge on any atom is -0.444 e. The number of carbonyl (C=O) groups excluding carboxylic acids is 4. The predicted molar refractivity (Wildman–Crippen MR) is 163 cm³/mol. The Morgan fingerprint density at radius 2 is 1.00 bits per heavy atom. The number of nitrogens with one attached hydrogen (secondary N) is 1. The van der Waals surface area contributed by atoms with E-state index in [1.807, 2.05) is 0 Å². The fourth-order valence-electron chi connectivity index (χ4n) is 4.19. The van der Waals surface area contributed by atoms with Gasteiger partial charge < -0.3 is 38.6 Å². The number of carbonyl (C=O) groups is 4. The molecule has 0 bridgehead atoms. The van der Waals surface area contributed by atoms with Crippen LogP contribution in [0, 0.1) is 65.1 Å². The third-order valence-corrected chi connectivity index (χ3v) is 6.63. The SMILES string of the molecule is Cc1cc(COC(=O)Oc2c(F)c(F)c(F)c(F)c2F)c(OC(=O)NCCCN(C)C(=O)OC(C)(C)C)c(COC(=O)Oc2c(F)c(F)c(F)c(F)c2F)c1. The van der Waals surface area contributed by atoms with Crippen LogP contribution in [-0.4, -0.2) is 55.1 Å². The molecule has 12 nitrogen and oxygen atoms in total. The number of benzene rings is 3. The fourth-order valence-corrected chi connectivity index (χ4v) is 4.19. The Hall–Kier alpha value is -5.96. The zero-order valence-electron chi connectivity index (χ0n) is 29.0. The topological polar surface area (TPSA) is 139 Å². The third kappa shape index (κ3) is 11.0. The van der Waals surface area contributed by atoms with Gasteiger partial charge in [-0.2, -0.15) is 17.6 Å². The van der Waals surface area contributed by atoms with E-state index in [-0.39, 0.29) is 36.2 Å². The van der Waals surface area contributed by atoms with Gasteiger partial charge in [0.25, 0.3) is 0 Å². The number of rotatable bonds is 11. The standard InChI is InChI=1S/C33H28F10N2O10/c1-13-9-14(11-50-31(48)53-27-22(40)18(36)16(34)19(37)23(27)41)26(52-29(46)44-7-6-8-45(5)30(47)55-33(2,3)4)15(10-13)12-51-32(49)54-28-24(42)20(38)17(35)21(39)25(28)43/h9-10H,6-8,11-12H2,1-5H3,(H,44,46). The van der Waals surface area contributed by atoms with Crippen molar-refractivity contribution in [3.8, 4) is 17.2 Å². The molecule has 2 amide bonds. The molecular weight excluding hydrogens is 774 g/mol. The molecule has 22 heteroatoms. The van der Waals surface area contributed by atoms with E-state index in [9.17, 15) is 63.1 Å². The smallest absolute Gasteiger partial charge is 0.444 e. The number of aryl methyl sites for hydroxylation is 1. The largest absolute Gasteiger partial charge is 0.514 e. The van der Waals surface area contributed by atoms with Crippen LogP contribution in [0.2, 0.25) is 0 Å². The van der Waals surface area contributed by atoms with Crippen molar-refractivity contribution in [3.63, 3.8) is 0 Å². The van der Waals surface area contributed by atoms with Gasteiger partial charge in [0.1, 0.15) is 24.6 Å². The molecule has 0 unspecified atom stereocenters. The van der Waals surface area contributed by atoms with Crippen LogP contribution in [0.5, 0.6) is 17.2 Å². The molecule has 0 heterocycles. The van der Waals surface area contributed by atoms with Crippen molar-refractivity contribution < 1.29 is 91.5 Å². The molecule has 3 aromatic carbocycles. The number of nitrogens with zero attached hydrogens (tertiary/aromatic N) is 1. The summed E-state index contributed by atoms with van der Waals surface area (Å²) < 4.78 is 165. The molecule has 0 saturated carbocycles. The summed E-state index contributed by atoms with van der Waals surface area (Å²) >= 11 is 0. The van der Waals surface area contributed by atoms with Crippen LogP contribution in [0.25, 0.3) is 0 Å². The molecule has 0 saturated heterocycles. The number of hydrogen-bond acceptors (Lipinski definition) is 10. The van der Waals surface area contributed by atoms with Crippen molar-refractivity contribution in [1.82, 2.24) is 10.2 Å². The Bertz CT molecular complexity index is 1820. The molecular formula is C33H28F10N2O10. The number of hydrogen-bond donors (Lipinski definition) is 1. The van der Waals surface area contributed by atoms with Gasteiger partial charge in [-0.1, -0.05) is 5.56 Å². The average molecular weight is 803 g/mol. The maximum Gasteiger partial charge on any atom is 0.514 e. The monoisotopic (exact) mass is 802 g/mol. The highest BCUT2D eigenvalue weighted by Gasteiger charge is 2.31. The van der Waals surface area contributed by atoms with Crippen molar-refractivity contribution in [2.45, 2.75) is 52.9 Å². The van der Waals surface area contributed by atoms with Gasteiger partial charge in [0.2, 0.25) is 69.7 Å². The molecule has 0 aliphatic carbocycles. The fraction of sp³-hybridized carbons (Fsp3) is 0.333. The highest BCUT2D eigenvalue weighted by atomic mass is 19.2. The van der Waals surface area contributed by atoms with Gasteiger partial charge in [-0.15, -0.1) is 0 Å². The van der Waals surface area contributed by atoms with Gasteiger partial charge in [0.05, 0.1) is 0 Å². The number of amides is 2. The molecule has 0 radical (unpaired) electrons. The maximum absolute atomic E-state index is 14.0. The summed E-state index contributed by atoms with van der Waals surface area (Å²) in [6, 6.07) is 2.33. The Balaban J connectivity index is 1.83. The van der Waals surface area contributed by atoms with Gasteiger partial charge >= 0.3 is 24.5 Å². The van der Waals surface area contributed by atoms with E-state index in [1.165, 1.54) is 31.0 Å². The number of ether oxygens (including phenoxy) is 6. The normalized spacial score (nSPS) is 11.1. The summed E-state index contributed by atoms with van der Waals surface area (Å²) in [5.74, 6) is -29.5. The summed E-state index contributed by atoms with van der Waals surface area (Å²) in [5, 5.41) is 2.32. The molecule has 0 aromatic heterocycles. The lowest BCUT2D eigenvalue weighted by Crippen LogP contribution is -2.36. The van der Waals surface area contributed by atoms with Crippen LogP contribution in [0.4, 0.5) is 63.1 Å². The van der Waals surface area contributed by atoms with E-state index >= 15 is 0 Å². The maximum atomic E-state index is 14.0. The van der Waals surface area contributed by atoms with Crippen molar-refractivity contribution in [2.75, 3.05) is 20.1 Å². The first-order chi connectivity index (χ1) is 25.5. The van der Waals surface area contributed by atoms with Crippen LogP contribution < -0.4 is 19.5 Å². The van der Waals surface area contributed by atoms with E-state index in [2.05, 4.69) is 14.8 Å². The van der Waals surface area contributed by atoms with Gasteiger partial charge in [0, 0.05) is 31.3 Å². The lowest BCUT2D eigenvalue weighted by Gasteiger charge is -2.24. The first-order valence-corrected chi connectivity index (χ1v) is 15.3. The van der Waals surface area contributed by atoms with Crippen LogP contribution >= 0.6 is 0 Å². The second-order valence-corrected chi connectivity index (χ2v) is 12.1. The Morgan fingerprint density at radius 1 is 0.618 bits per heavy atom. The zero-order chi connectivity index (χ0) is 41.5. The van der Waals surface area contributed by atoms with Gasteiger partial charge in [-0.3, -0.25) is 0 Å². The second kappa shape index (κ2) is 17.9. The van der Waals surface area contributed by atoms with Crippen molar-refractivity contribution in [1.29, 1.82) is 0 Å². The van der Waals surface area contributed by atoms with Crippen molar-refractivity contribution in [3.05, 3.63) is 87.0 Å². The summed E-state index contributed by atoms with van der Waals surface area (Å²) in [7, 11) is 1.42. The Morgan fingerprint density at radius 3 is 1.38 bits per heavy atom. The first kappa shape index (κ1) is 43.4. The third-order valence-electron chi connectivity index (χ3n) is 6.63. The molecule has 0 aliphatic heterocycles. The van der Waals surface area contributed by atoms with Crippen LogP contribution in [0.15, 0.2) is 12.1 Å². The minimum absolute atomic E-state index is 0.0776. The lowest BCUT2D eigenvalue weighted by molar-refractivity contribution is 0.0297. The molecule has 300 valence electrons. The first-order valence-electron chi connectivity index (χ1n) is 15.3. The summed E-state index contributed by atoms with van der Waals surface area (Å²) in [6.07, 6.45) is -5.82. The van der Waals surface area contributed by atoms with Crippen LogP contribution in [-0.2, 0) is 27.4 Å². The van der Waals surface area contributed by atoms with Gasteiger partial charge in [0.15, 0.2) is 0 Å². The molecule has 0 aliphatic rings. The molecule has 3 aromatic rings. The second-order valence-electron chi connectivity index (χ2n) is 12.1. The van der Waals surface area contributed by atoms with Crippen LogP contribution in [0.1, 0.15) is 43.9 Å². The highest BCUT2D eigenvalue weighted by Crippen LogP contribution is 2.32. The van der Waals surface area contributed by atoms with E-state index < -0.39 is 119 Å². The van der Waals surface area contributed by atoms with Crippen LogP contribution in [0.3, 0.4) is 0 Å². The predicted octanol–water partition coefficient (Wildman–Crippen LogP) is 8.16. The Labute approximate surface area is 303 Å². The van der Waals surface area contributed by atoms with Gasteiger partial charge in [-0.05, 0) is 46.2 Å². The average Bonchev–Trinajstić information content (AvgIpc) is 3.11. The van der Waals surface area contributed by atoms with E-state index in [1.54, 1.807) is 20.8 Å². The molecule has 1 N–H and O–H groups in total. The summed E-state index contributed by atoms with van der Waals surface area (Å²) in [5.41, 5.74) is -1.22. The number of halogens is 10. The molecule has 3 rings (SSSR count). The molecule has 0 atom stereocenters. The molecule has 0 spiro atoms. The van der Waals surface area contributed by atoms with E-state index in [0.717, 1.165) is 0 Å². The van der Waals surface area contributed by atoms with Crippen molar-refractivity contribution in [2.24, 2.45) is 0 Å². The molecule has 0 fully saturated rings. The lowest BCUT2D eigenvalue weighted by atomic mass is 10.1. The van der Waals surface area contributed by atoms with E-state index in [4.69, 9.17) is 18.9 Å². The van der Waals surface area contributed by atoms with Crippen molar-refractivity contribution >= 4 is 24.5 Å². The Kier molecular flexibility index (Phi) is 14.1. The minimum atomic E-state index is -2.54. The summed E-state index contributed by atoms with van der Waals surface area (Å²) in [4.78, 5) is 50.7. The van der Waals surface area contributed by atoms with E-state index in [0.29, 0.717) is 0 Å². The quantitative estimate of drug-likeness (QED) is 0.0384. The van der Waals surface area contributed by atoms with Gasteiger partial charge in [-0.25, -0.2) is 45.5 Å². The zero-order valence-corrected chi connectivity index (χ0v) is 29.0.